The van der Waals surface area contributed by atoms with Crippen LogP contribution in [0.25, 0.3) is 11.4 Å². The van der Waals surface area contributed by atoms with Gasteiger partial charge in [0.15, 0.2) is 0 Å². The maximum Gasteiger partial charge on any atom is 0.419 e. The number of nitrogens with one attached hydrogen (secondary N) is 1. The fraction of sp³-hybridized carbons (Fsp3) is 0.476. The molecule has 36 heavy (non-hydrogen) atoms. The van der Waals surface area contributed by atoms with E-state index in [1.807, 2.05) is 0 Å². The number of pyridine rings is 1. The molecule has 1 saturated heterocycles. The number of alkyl halides is 5. The molecule has 15 heteroatoms. The molecule has 0 aliphatic carbocycles. The Kier molecular flexibility index (Phi) is 6.58. The van der Waals surface area contributed by atoms with Crippen LogP contribution in [0.3, 0.4) is 0 Å². The van der Waals surface area contributed by atoms with Crippen LogP contribution >= 0.6 is 0 Å². The van der Waals surface area contributed by atoms with Crippen molar-refractivity contribution >= 4 is 11.9 Å². The van der Waals surface area contributed by atoms with Crippen LogP contribution in [0.15, 0.2) is 24.5 Å². The molecule has 4 heterocycles. The Hall–Kier alpha value is -3.78. The van der Waals surface area contributed by atoms with Gasteiger partial charge in [-0.3, -0.25) is 4.79 Å². The molecule has 0 radical (unpaired) electrons. The van der Waals surface area contributed by atoms with Gasteiger partial charge >= 0.3 is 6.18 Å². The molecule has 0 spiro atoms. The molecule has 0 aromatic carbocycles. The van der Waals surface area contributed by atoms with Crippen molar-refractivity contribution in [1.29, 1.82) is 0 Å². The van der Waals surface area contributed by atoms with Crippen molar-refractivity contribution in [2.45, 2.75) is 38.4 Å². The summed E-state index contributed by atoms with van der Waals surface area (Å²) in [5, 5.41) is 14.5. The largest absolute Gasteiger partial charge is 0.419 e. The van der Waals surface area contributed by atoms with Gasteiger partial charge < -0.3 is 10.2 Å². The number of piperidine rings is 1. The topological polar surface area (TPSA) is 115 Å². The van der Waals surface area contributed by atoms with E-state index in [4.69, 9.17) is 0 Å². The first-order valence-corrected chi connectivity index (χ1v) is 10.9. The molecule has 3 aromatic rings. The summed E-state index contributed by atoms with van der Waals surface area (Å²) in [4.78, 5) is 27.4. The lowest BCUT2D eigenvalue weighted by Crippen LogP contribution is -2.57. The van der Waals surface area contributed by atoms with E-state index in [1.54, 1.807) is 26.0 Å². The van der Waals surface area contributed by atoms with Gasteiger partial charge in [0, 0.05) is 31.1 Å². The van der Waals surface area contributed by atoms with Crippen LogP contribution in [0.4, 0.5) is 27.9 Å². The van der Waals surface area contributed by atoms with E-state index in [9.17, 15) is 26.7 Å². The van der Waals surface area contributed by atoms with Gasteiger partial charge in [0.1, 0.15) is 5.69 Å². The standard InChI is InChI=1S/C21H22F5N9O/c1-11-6-20(22,23)10-35(15(11)9-29-19-27-7-13(8-28-19)21(24,25)26)18(36)16-14(5-4-12(2)30-16)17-31-33-34(3)32-17/h4-5,7-8,11,15H,6,9-10H2,1-3H3,(H,27,28,29)/t11-,15-/m1/s1. The molecule has 0 saturated carbocycles. The predicted octanol–water partition coefficient (Wildman–Crippen LogP) is 2.99. The van der Waals surface area contributed by atoms with Crippen LogP contribution in [-0.4, -0.2) is 71.0 Å². The summed E-state index contributed by atoms with van der Waals surface area (Å²) in [6.45, 7) is 2.29. The lowest BCUT2D eigenvalue weighted by molar-refractivity contribution is -0.138. The highest BCUT2D eigenvalue weighted by atomic mass is 19.4. The average Bonchev–Trinajstić information content (AvgIpc) is 3.22. The van der Waals surface area contributed by atoms with Crippen molar-refractivity contribution < 1.29 is 26.7 Å². The number of hydrogen-bond donors (Lipinski definition) is 1. The first-order valence-electron chi connectivity index (χ1n) is 10.9. The van der Waals surface area contributed by atoms with Gasteiger partial charge in [-0.1, -0.05) is 6.92 Å². The van der Waals surface area contributed by atoms with Crippen molar-refractivity contribution in [2.75, 3.05) is 18.4 Å². The van der Waals surface area contributed by atoms with E-state index < -0.39 is 48.5 Å². The Morgan fingerprint density at radius 2 is 1.92 bits per heavy atom. The van der Waals surface area contributed by atoms with Crippen molar-refractivity contribution in [3.63, 3.8) is 0 Å². The number of halogens is 5. The second-order valence-electron chi connectivity index (χ2n) is 8.66. The summed E-state index contributed by atoms with van der Waals surface area (Å²) in [5.41, 5.74) is -0.413. The normalized spacial score (nSPS) is 19.8. The number of aryl methyl sites for hydroxylation is 2. The third-order valence-electron chi connectivity index (χ3n) is 5.78. The molecule has 1 fully saturated rings. The van der Waals surface area contributed by atoms with Crippen molar-refractivity contribution in [3.05, 3.63) is 41.5 Å². The molecule has 1 aliphatic heterocycles. The quantitative estimate of drug-likeness (QED) is 0.520. The van der Waals surface area contributed by atoms with Crippen molar-refractivity contribution in [2.24, 2.45) is 13.0 Å². The minimum absolute atomic E-state index is 0.0705. The first-order chi connectivity index (χ1) is 16.8. The number of tetrazole rings is 1. The number of carbonyl (C=O) groups is 1. The summed E-state index contributed by atoms with van der Waals surface area (Å²) < 4.78 is 67.5. The third-order valence-corrected chi connectivity index (χ3v) is 5.78. The molecule has 0 unspecified atom stereocenters. The van der Waals surface area contributed by atoms with E-state index in [0.717, 1.165) is 4.90 Å². The smallest absolute Gasteiger partial charge is 0.352 e. The minimum Gasteiger partial charge on any atom is -0.352 e. The molecule has 0 bridgehead atoms. The van der Waals surface area contributed by atoms with Gasteiger partial charge in [-0.25, -0.2) is 23.7 Å². The van der Waals surface area contributed by atoms with Gasteiger partial charge in [-0.15, -0.1) is 10.2 Å². The maximum atomic E-state index is 14.6. The van der Waals surface area contributed by atoms with Crippen LogP contribution in [0.2, 0.25) is 0 Å². The van der Waals surface area contributed by atoms with E-state index in [2.05, 4.69) is 35.7 Å². The number of carbonyl (C=O) groups excluding carboxylic acids is 1. The zero-order valence-electron chi connectivity index (χ0n) is 19.5. The molecule has 1 N–H and O–H groups in total. The van der Waals surface area contributed by atoms with Gasteiger partial charge in [-0.05, 0) is 30.2 Å². The van der Waals surface area contributed by atoms with Crippen molar-refractivity contribution in [1.82, 2.24) is 40.1 Å². The SMILES string of the molecule is Cc1ccc(-c2nnn(C)n2)c(C(=O)N2CC(F)(F)C[C@@H](C)[C@H]2CNc2ncc(C(F)(F)F)cn2)n1. The van der Waals surface area contributed by atoms with E-state index in [-0.39, 0.29) is 29.6 Å². The van der Waals surface area contributed by atoms with Gasteiger partial charge in [0.25, 0.3) is 11.8 Å². The minimum atomic E-state index is -4.60. The molecular formula is C21H22F5N9O. The number of aromatic nitrogens is 7. The highest BCUT2D eigenvalue weighted by Crippen LogP contribution is 2.36. The number of amides is 1. The predicted molar refractivity (Wildman–Crippen MR) is 116 cm³/mol. The zero-order valence-corrected chi connectivity index (χ0v) is 19.5. The highest BCUT2D eigenvalue weighted by Gasteiger charge is 2.46. The molecule has 192 valence electrons. The van der Waals surface area contributed by atoms with Crippen LogP contribution in [0.5, 0.6) is 0 Å². The fourth-order valence-electron chi connectivity index (χ4n) is 4.07. The molecule has 4 rings (SSSR count). The number of rotatable bonds is 5. The lowest BCUT2D eigenvalue weighted by Gasteiger charge is -2.43. The van der Waals surface area contributed by atoms with Crippen LogP contribution in [0, 0.1) is 12.8 Å². The van der Waals surface area contributed by atoms with E-state index in [1.165, 1.54) is 11.8 Å². The Morgan fingerprint density at radius 3 is 2.53 bits per heavy atom. The van der Waals surface area contributed by atoms with E-state index >= 15 is 0 Å². The summed E-state index contributed by atoms with van der Waals surface area (Å²) in [6.07, 6.45) is -3.83. The maximum absolute atomic E-state index is 14.6. The van der Waals surface area contributed by atoms with Gasteiger partial charge in [0.05, 0.1) is 30.8 Å². The second-order valence-corrected chi connectivity index (χ2v) is 8.66. The summed E-state index contributed by atoms with van der Waals surface area (Å²) >= 11 is 0. The van der Waals surface area contributed by atoms with Gasteiger partial charge in [0.2, 0.25) is 11.8 Å². The number of likely N-dealkylation sites (tertiary alicyclic amines) is 1. The number of hydrogen-bond acceptors (Lipinski definition) is 8. The Bertz CT molecular complexity index is 1250. The van der Waals surface area contributed by atoms with Gasteiger partial charge in [-0.2, -0.15) is 18.0 Å². The average molecular weight is 511 g/mol. The Labute approximate surface area is 201 Å². The first kappa shape index (κ1) is 25.3. The van der Waals surface area contributed by atoms with Crippen LogP contribution in [0.1, 0.15) is 35.1 Å². The third kappa shape index (κ3) is 5.39. The number of nitrogens with zero attached hydrogens (tertiary/aromatic N) is 8. The molecule has 1 aliphatic rings. The van der Waals surface area contributed by atoms with Crippen molar-refractivity contribution in [3.8, 4) is 11.4 Å². The fourth-order valence-corrected chi connectivity index (χ4v) is 4.07. The summed E-state index contributed by atoms with van der Waals surface area (Å²) in [7, 11) is 1.54. The van der Waals surface area contributed by atoms with Crippen LogP contribution < -0.4 is 5.32 Å². The van der Waals surface area contributed by atoms with E-state index in [0.29, 0.717) is 18.1 Å². The molecular weight excluding hydrogens is 489 g/mol. The zero-order chi connectivity index (χ0) is 26.3. The molecule has 10 nitrogen and oxygen atoms in total. The monoisotopic (exact) mass is 511 g/mol. The lowest BCUT2D eigenvalue weighted by atomic mass is 9.88. The molecule has 1 amide bonds. The summed E-state index contributed by atoms with van der Waals surface area (Å²) in [5.74, 6) is -4.59. The summed E-state index contributed by atoms with van der Waals surface area (Å²) in [6, 6.07) is 2.45. The Balaban J connectivity index is 1.63. The number of anilines is 1. The second kappa shape index (κ2) is 9.35. The molecule has 2 atom stereocenters. The highest BCUT2D eigenvalue weighted by molar-refractivity contribution is 5.98. The van der Waals surface area contributed by atoms with Crippen LogP contribution in [-0.2, 0) is 13.2 Å². The Morgan fingerprint density at radius 1 is 1.22 bits per heavy atom. The molecule has 3 aromatic heterocycles.